The number of aromatic hydroxyl groups is 1. The van der Waals surface area contributed by atoms with Crippen LogP contribution in [0.25, 0.3) is 0 Å². The summed E-state index contributed by atoms with van der Waals surface area (Å²) in [7, 11) is 1.39. The van der Waals surface area contributed by atoms with Crippen LogP contribution in [0.15, 0.2) is 90.6 Å². The number of hydrazine groups is 1. The number of phenolic OH excluding ortho intramolecular Hbond substituents is 1. The summed E-state index contributed by atoms with van der Waals surface area (Å²) in [4.78, 5) is 66.7. The zero-order valence-electron chi connectivity index (χ0n) is 31.8. The fourth-order valence-corrected chi connectivity index (χ4v) is 10.3. The Labute approximate surface area is 351 Å². The Hall–Kier alpha value is -5.64. The van der Waals surface area contributed by atoms with Crippen LogP contribution in [-0.2, 0) is 35.5 Å². The van der Waals surface area contributed by atoms with Crippen LogP contribution in [0.2, 0.25) is 10.0 Å². The quantitative estimate of drug-likeness (QED) is 0.146. The largest absolute Gasteiger partial charge is 0.508 e. The molecule has 60 heavy (non-hydrogen) atoms. The van der Waals surface area contributed by atoms with E-state index in [-0.39, 0.29) is 29.9 Å². The lowest BCUT2D eigenvalue weighted by atomic mass is 9.49. The molecule has 3 saturated heterocycles. The highest BCUT2D eigenvalue weighted by Crippen LogP contribution is 2.66. The van der Waals surface area contributed by atoms with Crippen molar-refractivity contribution in [2.75, 3.05) is 48.6 Å². The van der Waals surface area contributed by atoms with Gasteiger partial charge < -0.3 is 19.5 Å². The number of imide groups is 2. The number of aromatic nitrogens is 1. The number of carbonyl (C=O) groups excluding carboxylic acids is 4. The van der Waals surface area contributed by atoms with E-state index in [4.69, 9.17) is 32.7 Å². The number of methoxy groups -OCH3 is 1. The van der Waals surface area contributed by atoms with Crippen LogP contribution in [0, 0.1) is 23.7 Å². The summed E-state index contributed by atoms with van der Waals surface area (Å²) in [5, 5.41) is 12.3. The first-order valence-electron chi connectivity index (χ1n) is 19.3. The third kappa shape index (κ3) is 6.11. The summed E-state index contributed by atoms with van der Waals surface area (Å²) in [6.45, 7) is 2.57. The molecule has 17 heteroatoms. The Bertz CT molecular complexity index is 2460. The molecule has 12 nitrogen and oxygen atoms in total. The lowest BCUT2D eigenvalue weighted by Gasteiger charge is -2.50. The van der Waals surface area contributed by atoms with Crippen molar-refractivity contribution in [2.24, 2.45) is 23.7 Å². The topological polar surface area (TPSA) is 142 Å². The first-order chi connectivity index (χ1) is 28.7. The van der Waals surface area contributed by atoms with Gasteiger partial charge in [0.15, 0.2) is 5.82 Å². The van der Waals surface area contributed by atoms with Gasteiger partial charge in [0, 0.05) is 41.5 Å². The predicted octanol–water partition coefficient (Wildman–Crippen LogP) is 7.15. The lowest BCUT2D eigenvalue weighted by molar-refractivity contribution is -0.139. The number of pyridine rings is 1. The highest BCUT2D eigenvalue weighted by molar-refractivity contribution is 6.33. The third-order valence-corrected chi connectivity index (χ3v) is 13.1. The van der Waals surface area contributed by atoms with E-state index < -0.39 is 81.2 Å². The average Bonchev–Trinajstić information content (AvgIpc) is 3.62. The minimum Gasteiger partial charge on any atom is -0.508 e. The minimum atomic E-state index is -4.77. The van der Waals surface area contributed by atoms with Crippen molar-refractivity contribution >= 4 is 64.0 Å². The van der Waals surface area contributed by atoms with Gasteiger partial charge in [0.2, 0.25) is 11.8 Å². The van der Waals surface area contributed by atoms with Gasteiger partial charge in [0.05, 0.1) is 59.8 Å². The fraction of sp³-hybridized carbons (Fsp3) is 0.326. The van der Waals surface area contributed by atoms with Crippen molar-refractivity contribution in [1.82, 2.24) is 9.99 Å². The van der Waals surface area contributed by atoms with E-state index in [2.05, 4.69) is 15.3 Å². The number of rotatable bonds is 7. The number of morpholine rings is 1. The highest BCUT2D eigenvalue weighted by atomic mass is 35.5. The number of amides is 4. The molecule has 2 N–H and O–H groups in total. The summed E-state index contributed by atoms with van der Waals surface area (Å²) in [6.07, 6.45) is -2.39. The van der Waals surface area contributed by atoms with Crippen molar-refractivity contribution < 1.29 is 46.9 Å². The van der Waals surface area contributed by atoms with Crippen molar-refractivity contribution in [3.63, 3.8) is 0 Å². The molecule has 3 aromatic carbocycles. The molecule has 310 valence electrons. The molecule has 1 aromatic heterocycles. The van der Waals surface area contributed by atoms with Crippen LogP contribution in [0.4, 0.5) is 30.4 Å². The van der Waals surface area contributed by atoms with Gasteiger partial charge in [-0.15, -0.1) is 0 Å². The second-order valence-corrected chi connectivity index (χ2v) is 16.3. The molecule has 4 amide bonds. The molecule has 0 radical (unpaired) electrons. The lowest BCUT2D eigenvalue weighted by Crippen LogP contribution is -2.53. The van der Waals surface area contributed by atoms with Crippen LogP contribution in [-0.4, -0.2) is 72.1 Å². The Morgan fingerprint density at radius 3 is 2.28 bits per heavy atom. The van der Waals surface area contributed by atoms with Crippen LogP contribution in [0.3, 0.4) is 0 Å². The molecule has 3 aliphatic heterocycles. The maximum atomic E-state index is 15.5. The number of carbonyl (C=O) groups is 4. The van der Waals surface area contributed by atoms with Gasteiger partial charge in [-0.2, -0.15) is 18.2 Å². The number of nitrogens with one attached hydrogen (secondary N) is 1. The molecule has 4 heterocycles. The first-order valence-corrected chi connectivity index (χ1v) is 20.0. The molecule has 2 aliphatic carbocycles. The van der Waals surface area contributed by atoms with E-state index in [1.54, 1.807) is 48.5 Å². The van der Waals surface area contributed by atoms with E-state index in [1.165, 1.54) is 18.1 Å². The van der Waals surface area contributed by atoms with Gasteiger partial charge in [-0.25, -0.2) is 4.98 Å². The number of hydrogen-bond donors (Lipinski definition) is 2. The number of phenols is 1. The Balaban J connectivity index is 1.18. The van der Waals surface area contributed by atoms with Crippen LogP contribution in [0.1, 0.15) is 35.4 Å². The first kappa shape index (κ1) is 39.8. The van der Waals surface area contributed by atoms with Gasteiger partial charge in [0.25, 0.3) is 11.8 Å². The van der Waals surface area contributed by atoms with E-state index in [0.29, 0.717) is 65.4 Å². The summed E-state index contributed by atoms with van der Waals surface area (Å²) in [5.41, 5.74) is 1.96. The highest BCUT2D eigenvalue weighted by Gasteiger charge is 2.71. The fourth-order valence-electron chi connectivity index (χ4n) is 9.99. The van der Waals surface area contributed by atoms with E-state index >= 15 is 4.79 Å². The molecule has 1 saturated carbocycles. The molecular formula is C43H36Cl2F3N5O7. The molecule has 0 bridgehead atoms. The van der Waals surface area contributed by atoms with Crippen molar-refractivity contribution in [1.29, 1.82) is 0 Å². The molecule has 0 spiro atoms. The summed E-state index contributed by atoms with van der Waals surface area (Å²) >= 11 is 12.7. The number of fused-ring (bicyclic) bond motifs is 4. The SMILES string of the molecule is COc1cccc(O)c1C1C2=CCC3C(=O)N(c4ccc(N5CCOCC5)cc4)C(=O)C3C2CC2C(=O)N(Nc3ncc(C(F)(F)F)cc3Cl)C(=O)C21c1ccc(Cl)cc1. The minimum absolute atomic E-state index is 0.0954. The number of allylic oxidation sites excluding steroid dienone is 2. The van der Waals surface area contributed by atoms with Gasteiger partial charge in [-0.05, 0) is 78.9 Å². The van der Waals surface area contributed by atoms with Crippen LogP contribution >= 0.6 is 23.2 Å². The zero-order chi connectivity index (χ0) is 42.2. The number of anilines is 3. The second-order valence-electron chi connectivity index (χ2n) is 15.4. The Morgan fingerprint density at radius 1 is 0.917 bits per heavy atom. The van der Waals surface area contributed by atoms with Crippen LogP contribution in [0.5, 0.6) is 11.5 Å². The van der Waals surface area contributed by atoms with Gasteiger partial charge >= 0.3 is 6.18 Å². The van der Waals surface area contributed by atoms with Crippen molar-refractivity contribution in [2.45, 2.75) is 30.4 Å². The van der Waals surface area contributed by atoms with Crippen LogP contribution < -0.4 is 20.0 Å². The summed E-state index contributed by atoms with van der Waals surface area (Å²) in [6, 6.07) is 18.7. The van der Waals surface area contributed by atoms with Gasteiger partial charge in [0.1, 0.15) is 11.5 Å². The van der Waals surface area contributed by atoms with Gasteiger partial charge in [-0.3, -0.25) is 29.5 Å². The molecular weight excluding hydrogens is 826 g/mol. The third-order valence-electron chi connectivity index (χ3n) is 12.6. The molecule has 6 unspecified atom stereocenters. The van der Waals surface area contributed by atoms with E-state index in [0.717, 1.165) is 5.69 Å². The summed E-state index contributed by atoms with van der Waals surface area (Å²) < 4.78 is 51.9. The van der Waals surface area contributed by atoms with E-state index in [1.807, 2.05) is 18.2 Å². The smallest absolute Gasteiger partial charge is 0.417 e. The van der Waals surface area contributed by atoms with Gasteiger partial charge in [-0.1, -0.05) is 53.1 Å². The molecule has 4 aromatic rings. The number of halogens is 5. The number of nitrogens with zero attached hydrogens (tertiary/aromatic N) is 4. The number of alkyl halides is 3. The summed E-state index contributed by atoms with van der Waals surface area (Å²) in [5.74, 6) is -7.93. The average molecular weight is 863 g/mol. The number of benzene rings is 3. The molecule has 9 rings (SSSR count). The standard InChI is InChI=1S/C43H36Cl2F3N5O7/c1-59-33-4-2-3-32(54)35(33)36-27-13-14-28-34(40(57)52(38(28)55)26-11-9-25(10-12-26)51-15-17-60-18-16-51)29(27)20-30-39(56)53(41(58)42(30,36)22-5-7-24(44)8-6-22)50-37-31(45)19-23(21-49-37)43(46,47)48/h2-13,19,21,28-30,34,36,54H,14-18,20H2,1H3,(H,49,50). The monoisotopic (exact) mass is 861 g/mol. The Morgan fingerprint density at radius 2 is 1.62 bits per heavy atom. The maximum Gasteiger partial charge on any atom is 0.417 e. The Kier molecular flexibility index (Phi) is 9.83. The predicted molar refractivity (Wildman–Crippen MR) is 213 cm³/mol. The van der Waals surface area contributed by atoms with E-state index in [9.17, 15) is 32.7 Å². The zero-order valence-corrected chi connectivity index (χ0v) is 33.3. The second kappa shape index (κ2) is 14.8. The molecule has 5 aliphatic rings. The number of ether oxygens (including phenoxy) is 2. The van der Waals surface area contributed by atoms with Crippen molar-refractivity contribution in [3.8, 4) is 11.5 Å². The number of hydrogen-bond acceptors (Lipinski definition) is 10. The maximum absolute atomic E-state index is 15.5. The molecule has 4 fully saturated rings. The van der Waals surface area contributed by atoms with Crippen molar-refractivity contribution in [3.05, 3.63) is 117 Å². The normalized spacial score (nSPS) is 26.5. The molecule has 6 atom stereocenters.